The number of ketones is 2. The summed E-state index contributed by atoms with van der Waals surface area (Å²) >= 11 is 0. The van der Waals surface area contributed by atoms with Gasteiger partial charge in [0.25, 0.3) is 0 Å². The molecular formula is C19H16N2O2. The van der Waals surface area contributed by atoms with Crippen LogP contribution in [0, 0.1) is 0 Å². The second-order valence-electron chi connectivity index (χ2n) is 5.94. The number of Topliss-reactive ketones (excluding diaryl/α,β-unsaturated/α-hetero) is 2. The fraction of sp³-hybridized carbons (Fsp3) is 0.158. The number of carbonyl (C=O) groups excluding carboxylic acids is 2. The highest BCUT2D eigenvalue weighted by Gasteiger charge is 2.41. The monoisotopic (exact) mass is 304 g/mol. The molecule has 0 fully saturated rings. The molecule has 1 aromatic heterocycles. The van der Waals surface area contributed by atoms with Crippen LogP contribution < -0.4 is 5.32 Å². The van der Waals surface area contributed by atoms with Crippen molar-refractivity contribution in [3.63, 3.8) is 0 Å². The summed E-state index contributed by atoms with van der Waals surface area (Å²) in [6.07, 6.45) is 1.82. The Kier molecular flexibility index (Phi) is 2.88. The topological polar surface area (TPSA) is 62.0 Å². The second kappa shape index (κ2) is 4.81. The SMILES string of the molecule is CC(=O)C1=C(C)NC2=C(C(=O)c3ccccc32)C1c1ccc[nH]1. The number of benzene rings is 1. The van der Waals surface area contributed by atoms with E-state index in [2.05, 4.69) is 10.3 Å². The first-order chi connectivity index (χ1) is 11.1. The average molecular weight is 304 g/mol. The van der Waals surface area contributed by atoms with E-state index in [0.29, 0.717) is 16.7 Å². The summed E-state index contributed by atoms with van der Waals surface area (Å²) in [4.78, 5) is 28.4. The van der Waals surface area contributed by atoms with Crippen molar-refractivity contribution in [2.75, 3.05) is 0 Å². The Labute approximate surface area is 133 Å². The zero-order chi connectivity index (χ0) is 16.1. The molecule has 1 aliphatic carbocycles. The van der Waals surface area contributed by atoms with E-state index in [1.165, 1.54) is 0 Å². The van der Waals surface area contributed by atoms with Crippen molar-refractivity contribution in [3.05, 3.63) is 76.3 Å². The first-order valence-corrected chi connectivity index (χ1v) is 7.60. The second-order valence-corrected chi connectivity index (χ2v) is 5.94. The van der Waals surface area contributed by atoms with Crippen molar-refractivity contribution in [3.8, 4) is 0 Å². The van der Waals surface area contributed by atoms with E-state index in [9.17, 15) is 9.59 Å². The molecule has 4 heteroatoms. The zero-order valence-corrected chi connectivity index (χ0v) is 12.9. The van der Waals surface area contributed by atoms with Crippen molar-refractivity contribution in [1.29, 1.82) is 0 Å². The van der Waals surface area contributed by atoms with E-state index >= 15 is 0 Å². The Balaban J connectivity index is 1.98. The van der Waals surface area contributed by atoms with Crippen LogP contribution in [-0.4, -0.2) is 16.6 Å². The Morgan fingerprint density at radius 1 is 1.09 bits per heavy atom. The third-order valence-corrected chi connectivity index (χ3v) is 4.56. The maximum absolute atomic E-state index is 13.0. The van der Waals surface area contributed by atoms with Crippen LogP contribution in [0.4, 0.5) is 0 Å². The van der Waals surface area contributed by atoms with Crippen LogP contribution >= 0.6 is 0 Å². The van der Waals surface area contributed by atoms with Crippen LogP contribution in [0.5, 0.6) is 0 Å². The van der Waals surface area contributed by atoms with E-state index < -0.39 is 0 Å². The molecule has 2 N–H and O–H groups in total. The Hall–Kier alpha value is -2.88. The molecule has 1 aromatic carbocycles. The van der Waals surface area contributed by atoms with Gasteiger partial charge in [-0.2, -0.15) is 0 Å². The van der Waals surface area contributed by atoms with Gasteiger partial charge < -0.3 is 10.3 Å². The van der Waals surface area contributed by atoms with Crippen molar-refractivity contribution in [2.45, 2.75) is 19.8 Å². The van der Waals surface area contributed by atoms with E-state index in [4.69, 9.17) is 0 Å². The molecule has 2 aliphatic rings. The number of carbonyl (C=O) groups is 2. The number of hydrogen-bond acceptors (Lipinski definition) is 3. The molecule has 23 heavy (non-hydrogen) atoms. The van der Waals surface area contributed by atoms with E-state index in [0.717, 1.165) is 22.7 Å². The number of aromatic nitrogens is 1. The highest BCUT2D eigenvalue weighted by atomic mass is 16.1. The third-order valence-electron chi connectivity index (χ3n) is 4.56. The van der Waals surface area contributed by atoms with Crippen LogP contribution in [0.15, 0.2) is 59.4 Å². The Morgan fingerprint density at radius 3 is 2.48 bits per heavy atom. The van der Waals surface area contributed by atoms with Crippen LogP contribution in [-0.2, 0) is 4.79 Å². The molecule has 0 radical (unpaired) electrons. The van der Waals surface area contributed by atoms with Crippen LogP contribution in [0.1, 0.15) is 41.4 Å². The quantitative estimate of drug-likeness (QED) is 0.896. The first-order valence-electron chi connectivity index (χ1n) is 7.60. The molecule has 1 aliphatic heterocycles. The summed E-state index contributed by atoms with van der Waals surface area (Å²) in [6, 6.07) is 11.4. The van der Waals surface area contributed by atoms with Gasteiger partial charge in [0.2, 0.25) is 0 Å². The Bertz CT molecular complexity index is 901. The standard InChI is InChI=1S/C19H16N2O2/c1-10-15(11(2)22)16(14-8-5-9-20-14)17-18(21-10)12-6-3-4-7-13(12)19(17)23/h3-9,16,20-21H,1-2H3. The van der Waals surface area contributed by atoms with Gasteiger partial charge in [-0.15, -0.1) is 0 Å². The summed E-state index contributed by atoms with van der Waals surface area (Å²) in [5, 5.41) is 3.29. The van der Waals surface area contributed by atoms with Gasteiger partial charge in [-0.3, -0.25) is 9.59 Å². The first kappa shape index (κ1) is 13.8. The lowest BCUT2D eigenvalue weighted by Crippen LogP contribution is -2.27. The minimum Gasteiger partial charge on any atom is -0.364 e. The van der Waals surface area contributed by atoms with E-state index in [1.54, 1.807) is 6.92 Å². The zero-order valence-electron chi connectivity index (χ0n) is 12.9. The van der Waals surface area contributed by atoms with Crippen molar-refractivity contribution in [2.24, 2.45) is 0 Å². The van der Waals surface area contributed by atoms with Gasteiger partial charge in [0.1, 0.15) is 0 Å². The number of allylic oxidation sites excluding steroid dienone is 3. The van der Waals surface area contributed by atoms with Crippen LogP contribution in [0.2, 0.25) is 0 Å². The minimum absolute atomic E-state index is 0.00560. The van der Waals surface area contributed by atoms with E-state index in [-0.39, 0.29) is 17.5 Å². The average Bonchev–Trinajstić information content (AvgIpc) is 3.14. The maximum Gasteiger partial charge on any atom is 0.192 e. The molecule has 2 aromatic rings. The highest BCUT2D eigenvalue weighted by molar-refractivity contribution is 6.23. The predicted octanol–water partition coefficient (Wildman–Crippen LogP) is 3.17. The smallest absolute Gasteiger partial charge is 0.192 e. The molecule has 0 bridgehead atoms. The van der Waals surface area contributed by atoms with Gasteiger partial charge in [-0.05, 0) is 26.0 Å². The fourth-order valence-electron chi connectivity index (χ4n) is 3.63. The summed E-state index contributed by atoms with van der Waals surface area (Å²) in [5.41, 5.74) is 5.40. The molecule has 2 heterocycles. The van der Waals surface area contributed by atoms with Gasteiger partial charge in [0.05, 0.1) is 11.6 Å². The number of hydrogen-bond donors (Lipinski definition) is 2. The normalized spacial score (nSPS) is 19.6. The number of dihydropyridines is 1. The van der Waals surface area contributed by atoms with Crippen LogP contribution in [0.3, 0.4) is 0 Å². The molecule has 1 unspecified atom stereocenters. The predicted molar refractivity (Wildman–Crippen MR) is 87.7 cm³/mol. The van der Waals surface area contributed by atoms with Gasteiger partial charge in [-0.1, -0.05) is 24.3 Å². The largest absolute Gasteiger partial charge is 0.364 e. The van der Waals surface area contributed by atoms with E-state index in [1.807, 2.05) is 49.5 Å². The number of rotatable bonds is 2. The number of nitrogens with one attached hydrogen (secondary N) is 2. The lowest BCUT2D eigenvalue weighted by molar-refractivity contribution is -0.113. The highest BCUT2D eigenvalue weighted by Crippen LogP contribution is 2.45. The molecule has 0 amide bonds. The van der Waals surface area contributed by atoms with Gasteiger partial charge in [-0.25, -0.2) is 0 Å². The fourth-order valence-corrected chi connectivity index (χ4v) is 3.63. The van der Waals surface area contributed by atoms with Gasteiger partial charge in [0.15, 0.2) is 11.6 Å². The van der Waals surface area contributed by atoms with Crippen molar-refractivity contribution >= 4 is 17.3 Å². The molecule has 0 saturated heterocycles. The maximum atomic E-state index is 13.0. The van der Waals surface area contributed by atoms with Gasteiger partial charge in [0, 0.05) is 39.9 Å². The molecule has 0 spiro atoms. The number of H-pyrrole nitrogens is 1. The minimum atomic E-state index is -0.348. The lowest BCUT2D eigenvalue weighted by Gasteiger charge is -2.28. The summed E-state index contributed by atoms with van der Waals surface area (Å²) in [5.74, 6) is -0.377. The molecule has 0 saturated carbocycles. The summed E-state index contributed by atoms with van der Waals surface area (Å²) in [6.45, 7) is 3.44. The lowest BCUT2D eigenvalue weighted by atomic mass is 9.81. The van der Waals surface area contributed by atoms with Crippen molar-refractivity contribution < 1.29 is 9.59 Å². The molecule has 4 nitrogen and oxygen atoms in total. The Morgan fingerprint density at radius 2 is 1.83 bits per heavy atom. The molecule has 4 rings (SSSR count). The molecule has 114 valence electrons. The number of aromatic amines is 1. The molecular weight excluding hydrogens is 288 g/mol. The number of fused-ring (bicyclic) bond motifs is 2. The van der Waals surface area contributed by atoms with Crippen molar-refractivity contribution in [1.82, 2.24) is 10.3 Å². The van der Waals surface area contributed by atoms with Crippen LogP contribution in [0.25, 0.3) is 5.70 Å². The van der Waals surface area contributed by atoms with Gasteiger partial charge >= 0.3 is 0 Å². The summed E-state index contributed by atoms with van der Waals surface area (Å²) in [7, 11) is 0. The molecule has 1 atom stereocenters. The summed E-state index contributed by atoms with van der Waals surface area (Å²) < 4.78 is 0. The third kappa shape index (κ3) is 1.84.